The van der Waals surface area contributed by atoms with Gasteiger partial charge in [-0.15, -0.1) is 0 Å². The number of rotatable bonds is 1. The van der Waals surface area contributed by atoms with Crippen molar-refractivity contribution in [3.8, 4) is 0 Å². The van der Waals surface area contributed by atoms with E-state index < -0.39 is 5.60 Å². The van der Waals surface area contributed by atoms with Gasteiger partial charge in [0.05, 0.1) is 16.7 Å². The monoisotopic (exact) mass is 349 g/mol. The summed E-state index contributed by atoms with van der Waals surface area (Å²) in [6, 6.07) is 0. The van der Waals surface area contributed by atoms with Crippen LogP contribution in [0.4, 0.5) is 4.79 Å². The molecule has 2 aliphatic heterocycles. The third kappa shape index (κ3) is 3.35. The van der Waals surface area contributed by atoms with E-state index in [4.69, 9.17) is 14.0 Å². The molecule has 3 aliphatic rings. The van der Waals surface area contributed by atoms with E-state index in [1.54, 1.807) is 0 Å². The van der Waals surface area contributed by atoms with Crippen LogP contribution in [0.3, 0.4) is 0 Å². The molecule has 6 heteroatoms. The van der Waals surface area contributed by atoms with Crippen LogP contribution in [0.5, 0.6) is 0 Å². The molecule has 2 fully saturated rings. The molecule has 0 aromatic rings. The number of carbonyl (C=O) groups excluding carboxylic acids is 1. The van der Waals surface area contributed by atoms with Gasteiger partial charge in [0.25, 0.3) is 0 Å². The Morgan fingerprint density at radius 2 is 1.76 bits per heavy atom. The highest BCUT2D eigenvalue weighted by Crippen LogP contribution is 2.46. The maximum absolute atomic E-state index is 12.5. The van der Waals surface area contributed by atoms with E-state index in [0.29, 0.717) is 0 Å². The van der Waals surface area contributed by atoms with Crippen LogP contribution < -0.4 is 0 Å². The van der Waals surface area contributed by atoms with E-state index in [2.05, 4.69) is 33.8 Å². The van der Waals surface area contributed by atoms with Gasteiger partial charge in [-0.3, -0.25) is 0 Å². The molecular weight excluding hydrogens is 317 g/mol. The zero-order valence-corrected chi connectivity index (χ0v) is 16.8. The molecule has 140 valence electrons. The average molecular weight is 349 g/mol. The van der Waals surface area contributed by atoms with Gasteiger partial charge in [-0.05, 0) is 79.6 Å². The maximum atomic E-state index is 12.5. The lowest BCUT2D eigenvalue weighted by Crippen LogP contribution is -2.63. The number of hydrogen-bond acceptors (Lipinski definition) is 4. The van der Waals surface area contributed by atoms with Crippen LogP contribution in [0, 0.1) is 0 Å². The summed E-state index contributed by atoms with van der Waals surface area (Å²) in [6.45, 7) is 14.8. The largest absolute Gasteiger partial charge is 0.490 e. The number of amides is 1. The Balaban J connectivity index is 1.66. The van der Waals surface area contributed by atoms with Gasteiger partial charge in [-0.25, -0.2) is 4.79 Å². The molecule has 0 aromatic heterocycles. The Morgan fingerprint density at radius 3 is 2.16 bits per heavy atom. The summed E-state index contributed by atoms with van der Waals surface area (Å²) in [5.41, 5.74) is 0.0569. The zero-order chi connectivity index (χ0) is 18.7. The van der Waals surface area contributed by atoms with E-state index >= 15 is 0 Å². The van der Waals surface area contributed by atoms with Crippen molar-refractivity contribution in [2.75, 3.05) is 6.54 Å². The van der Waals surface area contributed by atoms with Gasteiger partial charge in [0.1, 0.15) is 5.60 Å². The topological polar surface area (TPSA) is 48.0 Å². The summed E-state index contributed by atoms with van der Waals surface area (Å²) in [5, 5.41) is 0. The van der Waals surface area contributed by atoms with Gasteiger partial charge in [-0.1, -0.05) is 6.08 Å². The lowest BCUT2D eigenvalue weighted by molar-refractivity contribution is -0.0485. The fourth-order valence-corrected chi connectivity index (χ4v) is 3.72. The minimum atomic E-state index is -0.452. The van der Waals surface area contributed by atoms with Crippen molar-refractivity contribution in [2.24, 2.45) is 0 Å². The normalized spacial score (nSPS) is 30.9. The first kappa shape index (κ1) is 18.8. The molecule has 1 aliphatic carbocycles. The Bertz CT molecular complexity index is 577. The Morgan fingerprint density at radius 1 is 1.16 bits per heavy atom. The van der Waals surface area contributed by atoms with E-state index in [-0.39, 0.29) is 30.0 Å². The van der Waals surface area contributed by atoms with Crippen LogP contribution in [0.1, 0.15) is 74.1 Å². The van der Waals surface area contributed by atoms with Crippen molar-refractivity contribution in [1.29, 1.82) is 0 Å². The molecule has 1 unspecified atom stereocenters. The second-order valence-corrected chi connectivity index (χ2v) is 9.68. The molecule has 2 heterocycles. The van der Waals surface area contributed by atoms with Crippen molar-refractivity contribution < 1.29 is 18.8 Å². The van der Waals surface area contributed by atoms with Gasteiger partial charge in [0.15, 0.2) is 0 Å². The van der Waals surface area contributed by atoms with E-state index in [0.717, 1.165) is 32.2 Å². The zero-order valence-electron chi connectivity index (χ0n) is 16.8. The van der Waals surface area contributed by atoms with E-state index in [1.165, 1.54) is 5.47 Å². The smallest absolute Gasteiger partial charge is 0.444 e. The van der Waals surface area contributed by atoms with Crippen molar-refractivity contribution >= 4 is 13.2 Å². The van der Waals surface area contributed by atoms with Crippen molar-refractivity contribution in [1.82, 2.24) is 4.90 Å². The Labute approximate surface area is 152 Å². The molecule has 5 nitrogen and oxygen atoms in total. The number of carbonyl (C=O) groups is 1. The standard InChI is InChI=1S/C19H32BNO4/c1-16(2,3)23-15(22)21-13-12-19(21)10-8-14(9-11-19)20-24-17(4,5)18(6,7)25-20/h8H,9-13H2,1-7H3. The predicted molar refractivity (Wildman–Crippen MR) is 98.3 cm³/mol. The SMILES string of the molecule is CC(C)(C)OC(=O)N1CCC12CC=C(B1OC(C)(C)C(C)(C)O1)CC2. The first-order valence-electron chi connectivity index (χ1n) is 9.41. The number of likely N-dealkylation sites (tertiary alicyclic amines) is 1. The molecule has 1 atom stereocenters. The van der Waals surface area contributed by atoms with Crippen LogP contribution in [0.25, 0.3) is 0 Å². The van der Waals surface area contributed by atoms with Gasteiger partial charge in [0.2, 0.25) is 0 Å². The first-order valence-corrected chi connectivity index (χ1v) is 9.41. The predicted octanol–water partition coefficient (Wildman–Crippen LogP) is 4.11. The van der Waals surface area contributed by atoms with Crippen LogP contribution in [0.15, 0.2) is 11.5 Å². The highest BCUT2D eigenvalue weighted by atomic mass is 16.7. The van der Waals surface area contributed by atoms with Gasteiger partial charge in [-0.2, -0.15) is 0 Å². The average Bonchev–Trinajstić information content (AvgIpc) is 2.64. The lowest BCUT2D eigenvalue weighted by Gasteiger charge is -2.54. The molecular formula is C19H32BNO4. The number of nitrogens with zero attached hydrogens (tertiary/aromatic N) is 1. The summed E-state index contributed by atoms with van der Waals surface area (Å²) in [6.07, 6.45) is 5.78. The van der Waals surface area contributed by atoms with Crippen LogP contribution in [-0.4, -0.2) is 47.0 Å². The summed E-state index contributed by atoms with van der Waals surface area (Å²) >= 11 is 0. The first-order chi connectivity index (χ1) is 11.4. The van der Waals surface area contributed by atoms with Gasteiger partial charge in [0, 0.05) is 6.54 Å². The molecule has 0 radical (unpaired) electrons. The fourth-order valence-electron chi connectivity index (χ4n) is 3.72. The summed E-state index contributed by atoms with van der Waals surface area (Å²) in [7, 11) is -0.266. The van der Waals surface area contributed by atoms with Gasteiger partial charge >= 0.3 is 13.2 Å². The highest BCUT2D eigenvalue weighted by Gasteiger charge is 2.55. The Kier molecular flexibility index (Phi) is 4.32. The second kappa shape index (κ2) is 5.75. The number of allylic oxidation sites excluding steroid dienone is 1. The quantitative estimate of drug-likeness (QED) is 0.669. The number of hydrogen-bond donors (Lipinski definition) is 0. The molecule has 1 amide bonds. The minimum Gasteiger partial charge on any atom is -0.444 e. The summed E-state index contributed by atoms with van der Waals surface area (Å²) < 4.78 is 17.9. The van der Waals surface area contributed by atoms with Crippen molar-refractivity contribution in [2.45, 2.75) is 96.5 Å². The van der Waals surface area contributed by atoms with Crippen molar-refractivity contribution in [3.63, 3.8) is 0 Å². The molecule has 0 saturated carbocycles. The minimum absolute atomic E-state index is 0.0739. The second-order valence-electron chi connectivity index (χ2n) is 9.68. The fraction of sp³-hybridized carbons (Fsp3) is 0.842. The highest BCUT2D eigenvalue weighted by molar-refractivity contribution is 6.54. The lowest BCUT2D eigenvalue weighted by atomic mass is 9.65. The molecule has 0 bridgehead atoms. The van der Waals surface area contributed by atoms with Crippen molar-refractivity contribution in [3.05, 3.63) is 11.5 Å². The summed E-state index contributed by atoms with van der Waals surface area (Å²) in [4.78, 5) is 14.4. The van der Waals surface area contributed by atoms with Gasteiger partial charge < -0.3 is 18.9 Å². The number of ether oxygens (including phenoxy) is 1. The van der Waals surface area contributed by atoms with E-state index in [1.807, 2.05) is 25.7 Å². The summed E-state index contributed by atoms with van der Waals surface area (Å²) in [5.74, 6) is 0. The maximum Gasteiger partial charge on any atom is 0.490 e. The molecule has 0 N–H and O–H groups in total. The third-order valence-electron chi connectivity index (χ3n) is 6.17. The molecule has 25 heavy (non-hydrogen) atoms. The van der Waals surface area contributed by atoms with Crippen LogP contribution >= 0.6 is 0 Å². The van der Waals surface area contributed by atoms with E-state index in [9.17, 15) is 4.79 Å². The molecule has 3 rings (SSSR count). The van der Waals surface area contributed by atoms with Crippen LogP contribution in [0.2, 0.25) is 0 Å². The van der Waals surface area contributed by atoms with Crippen LogP contribution in [-0.2, 0) is 14.0 Å². The molecule has 1 spiro atoms. The third-order valence-corrected chi connectivity index (χ3v) is 6.17. The molecule has 2 saturated heterocycles. The molecule has 0 aromatic carbocycles. The Hall–Kier alpha value is -1.01.